The Morgan fingerprint density at radius 2 is 2.00 bits per heavy atom. The van der Waals surface area contributed by atoms with Gasteiger partial charge in [0.25, 0.3) is 0 Å². The second-order valence-corrected chi connectivity index (χ2v) is 6.04. The molecule has 84 valence electrons. The molecule has 0 radical (unpaired) electrons. The molecule has 1 unspecified atom stereocenters. The number of hydrogen-bond donors (Lipinski definition) is 0. The van der Waals surface area contributed by atoms with Crippen molar-refractivity contribution >= 4 is 31.3 Å². The van der Waals surface area contributed by atoms with E-state index in [1.165, 1.54) is 12.1 Å². The first kappa shape index (κ1) is 12.7. The summed E-state index contributed by atoms with van der Waals surface area (Å²) in [6.07, 6.45) is -2.07. The Labute approximate surface area is 95.2 Å². The molecule has 0 aliphatic rings. The summed E-state index contributed by atoms with van der Waals surface area (Å²) >= 11 is 5.54. The Bertz CT molecular complexity index is 441. The fraction of sp³-hybridized carbons (Fsp3) is 0.250. The van der Waals surface area contributed by atoms with E-state index in [1.54, 1.807) is 0 Å². The molecule has 1 aromatic rings. The van der Waals surface area contributed by atoms with Crippen LogP contribution in [0.1, 0.15) is 11.7 Å². The zero-order valence-electron chi connectivity index (χ0n) is 7.25. The number of halogens is 4. The predicted octanol–water partition coefficient (Wildman–Crippen LogP) is 3.06. The summed E-state index contributed by atoms with van der Waals surface area (Å²) < 4.78 is 47.7. The van der Waals surface area contributed by atoms with E-state index in [2.05, 4.69) is 0 Å². The van der Waals surface area contributed by atoms with Gasteiger partial charge in [0.05, 0.1) is 0 Å². The van der Waals surface area contributed by atoms with Crippen LogP contribution >= 0.6 is 22.3 Å². The minimum Gasteiger partial charge on any atom is -0.241 e. The fourth-order valence-corrected chi connectivity index (χ4v) is 2.20. The molecule has 1 atom stereocenters. The van der Waals surface area contributed by atoms with Crippen LogP contribution in [-0.4, -0.2) is 14.2 Å². The lowest BCUT2D eigenvalue weighted by molar-refractivity contribution is 0.363. The monoisotopic (exact) mass is 274 g/mol. The molecule has 0 fully saturated rings. The van der Waals surface area contributed by atoms with Gasteiger partial charge in [0, 0.05) is 21.3 Å². The van der Waals surface area contributed by atoms with Crippen LogP contribution in [0.3, 0.4) is 0 Å². The molecule has 0 aliphatic heterocycles. The van der Waals surface area contributed by atoms with Gasteiger partial charge in [-0.1, -0.05) is 17.7 Å². The number of benzene rings is 1. The lowest BCUT2D eigenvalue weighted by atomic mass is 10.1. The predicted molar refractivity (Wildman–Crippen MR) is 54.9 cm³/mol. The molecule has 7 heteroatoms. The van der Waals surface area contributed by atoms with Crippen LogP contribution in [0.4, 0.5) is 8.78 Å². The minimum absolute atomic E-state index is 0.164. The normalized spacial score (nSPS) is 13.9. The van der Waals surface area contributed by atoms with Crippen molar-refractivity contribution in [1.82, 2.24) is 0 Å². The maximum atomic E-state index is 13.4. The molecule has 0 N–H and O–H groups in total. The van der Waals surface area contributed by atoms with Crippen LogP contribution in [-0.2, 0) is 9.05 Å². The minimum atomic E-state index is -4.03. The molecule has 15 heavy (non-hydrogen) atoms. The first-order valence-electron chi connectivity index (χ1n) is 3.81. The Morgan fingerprint density at radius 1 is 1.40 bits per heavy atom. The Kier molecular flexibility index (Phi) is 3.92. The molecule has 0 amide bonds. The van der Waals surface area contributed by atoms with Crippen LogP contribution in [0.25, 0.3) is 0 Å². The highest BCUT2D eigenvalue weighted by atomic mass is 35.7. The summed E-state index contributed by atoms with van der Waals surface area (Å²) in [5.41, 5.74) is -0.483. The van der Waals surface area contributed by atoms with E-state index in [1.807, 2.05) is 0 Å². The van der Waals surface area contributed by atoms with Crippen molar-refractivity contribution in [3.8, 4) is 0 Å². The average molecular weight is 275 g/mol. The third-order valence-corrected chi connectivity index (χ3v) is 3.06. The highest BCUT2D eigenvalue weighted by molar-refractivity contribution is 8.13. The highest BCUT2D eigenvalue weighted by Gasteiger charge is 2.23. The molecule has 0 saturated heterocycles. The van der Waals surface area contributed by atoms with Crippen molar-refractivity contribution in [3.63, 3.8) is 0 Å². The maximum Gasteiger partial charge on any atom is 0.235 e. The molecule has 1 aromatic carbocycles. The molecule has 0 bridgehead atoms. The second-order valence-electron chi connectivity index (χ2n) is 2.81. The number of alkyl halides is 1. The highest BCUT2D eigenvalue weighted by Crippen LogP contribution is 2.29. The zero-order valence-corrected chi connectivity index (χ0v) is 9.58. The van der Waals surface area contributed by atoms with E-state index in [0.29, 0.717) is 0 Å². The summed E-state index contributed by atoms with van der Waals surface area (Å²) in [6.45, 7) is 0. The van der Waals surface area contributed by atoms with Crippen LogP contribution in [0.2, 0.25) is 5.02 Å². The quantitative estimate of drug-likeness (QED) is 0.794. The Hall–Kier alpha value is -0.390. The third-order valence-electron chi connectivity index (χ3n) is 1.66. The number of hydrogen-bond acceptors (Lipinski definition) is 2. The molecule has 0 heterocycles. The van der Waals surface area contributed by atoms with Gasteiger partial charge in [-0.15, -0.1) is 0 Å². The molecular formula is C8H6Cl2F2O2S. The first-order chi connectivity index (χ1) is 6.81. The van der Waals surface area contributed by atoms with E-state index < -0.39 is 32.4 Å². The van der Waals surface area contributed by atoms with E-state index >= 15 is 0 Å². The SMILES string of the molecule is O=S(=O)(Cl)CC(F)c1c(F)cccc1Cl. The van der Waals surface area contributed by atoms with Crippen molar-refractivity contribution in [2.24, 2.45) is 0 Å². The lowest BCUT2D eigenvalue weighted by Crippen LogP contribution is -2.08. The maximum absolute atomic E-state index is 13.4. The molecule has 2 nitrogen and oxygen atoms in total. The van der Waals surface area contributed by atoms with Crippen molar-refractivity contribution in [3.05, 3.63) is 34.6 Å². The van der Waals surface area contributed by atoms with E-state index in [9.17, 15) is 17.2 Å². The van der Waals surface area contributed by atoms with Gasteiger partial charge >= 0.3 is 0 Å². The van der Waals surface area contributed by atoms with Crippen molar-refractivity contribution < 1.29 is 17.2 Å². The van der Waals surface area contributed by atoms with Crippen LogP contribution in [0, 0.1) is 5.82 Å². The van der Waals surface area contributed by atoms with Crippen molar-refractivity contribution in [2.75, 3.05) is 5.75 Å². The van der Waals surface area contributed by atoms with E-state index in [4.69, 9.17) is 22.3 Å². The molecule has 0 aliphatic carbocycles. The van der Waals surface area contributed by atoms with Gasteiger partial charge in [0.1, 0.15) is 17.7 Å². The lowest BCUT2D eigenvalue weighted by Gasteiger charge is -2.09. The largest absolute Gasteiger partial charge is 0.241 e. The molecular weight excluding hydrogens is 269 g/mol. The third kappa shape index (κ3) is 3.59. The Morgan fingerprint density at radius 3 is 2.47 bits per heavy atom. The van der Waals surface area contributed by atoms with Crippen molar-refractivity contribution in [2.45, 2.75) is 6.17 Å². The van der Waals surface area contributed by atoms with Crippen LogP contribution in [0.5, 0.6) is 0 Å². The van der Waals surface area contributed by atoms with Crippen LogP contribution in [0.15, 0.2) is 18.2 Å². The molecule has 1 rings (SSSR count). The topological polar surface area (TPSA) is 34.1 Å². The summed E-state index contributed by atoms with van der Waals surface area (Å²) in [7, 11) is 0.816. The van der Waals surface area contributed by atoms with Crippen LogP contribution < -0.4 is 0 Å². The first-order valence-corrected chi connectivity index (χ1v) is 6.67. The van der Waals surface area contributed by atoms with Gasteiger partial charge in [-0.25, -0.2) is 17.2 Å². The standard InChI is InChI=1S/C8H6Cl2F2O2S/c9-5-2-1-3-6(11)8(5)7(12)4-15(10,13)14/h1-3,7H,4H2. The molecule has 0 spiro atoms. The fourth-order valence-electron chi connectivity index (χ4n) is 1.07. The van der Waals surface area contributed by atoms with E-state index in [-0.39, 0.29) is 5.02 Å². The van der Waals surface area contributed by atoms with E-state index in [0.717, 1.165) is 6.07 Å². The molecule has 0 aromatic heterocycles. The summed E-state index contributed by atoms with van der Waals surface area (Å²) in [5.74, 6) is -1.90. The van der Waals surface area contributed by atoms with Crippen molar-refractivity contribution in [1.29, 1.82) is 0 Å². The van der Waals surface area contributed by atoms with Gasteiger partial charge in [-0.3, -0.25) is 0 Å². The van der Waals surface area contributed by atoms with Gasteiger partial charge < -0.3 is 0 Å². The zero-order chi connectivity index (χ0) is 11.6. The molecule has 0 saturated carbocycles. The van der Waals surface area contributed by atoms with Gasteiger partial charge in [-0.2, -0.15) is 0 Å². The van der Waals surface area contributed by atoms with Gasteiger partial charge in [-0.05, 0) is 12.1 Å². The summed E-state index contributed by atoms with van der Waals surface area (Å²) in [5, 5.41) is -0.164. The van der Waals surface area contributed by atoms with Gasteiger partial charge in [0.2, 0.25) is 9.05 Å². The van der Waals surface area contributed by atoms with Gasteiger partial charge in [0.15, 0.2) is 0 Å². The second kappa shape index (κ2) is 4.63. The Balaban J connectivity index is 3.06. The smallest absolute Gasteiger partial charge is 0.235 e. The average Bonchev–Trinajstić information content (AvgIpc) is 1.99. The summed E-state index contributed by atoms with van der Waals surface area (Å²) in [4.78, 5) is 0. The summed E-state index contributed by atoms with van der Waals surface area (Å²) in [6, 6.07) is 3.56. The number of rotatable bonds is 3.